The second-order valence-electron chi connectivity index (χ2n) is 4.80. The van der Waals surface area contributed by atoms with Gasteiger partial charge in [-0.05, 0) is 32.4 Å². The normalized spacial score (nSPS) is 18.7. The van der Waals surface area contributed by atoms with E-state index in [2.05, 4.69) is 12.2 Å². The van der Waals surface area contributed by atoms with Gasteiger partial charge in [0.05, 0.1) is 6.61 Å². The molecule has 0 radical (unpaired) electrons. The molecule has 1 N–H and O–H groups in total. The molecule has 7 heteroatoms. The first-order chi connectivity index (χ1) is 9.09. The fourth-order valence-corrected chi connectivity index (χ4v) is 3.41. The van der Waals surface area contributed by atoms with Crippen LogP contribution < -0.4 is 5.32 Å². The molecule has 0 atom stereocenters. The maximum absolute atomic E-state index is 12.3. The Hall–Kier alpha value is -0.210. The van der Waals surface area contributed by atoms with Crippen LogP contribution in [0.1, 0.15) is 26.2 Å². The molecule has 1 saturated heterocycles. The quantitative estimate of drug-likeness (QED) is 0.653. The van der Waals surface area contributed by atoms with Crippen molar-refractivity contribution in [1.82, 2.24) is 13.9 Å². The highest BCUT2D eigenvalue weighted by Crippen LogP contribution is 2.10. The fourth-order valence-electron chi connectivity index (χ4n) is 1.99. The maximum Gasteiger partial charge on any atom is 0.281 e. The number of rotatable bonds is 8. The summed E-state index contributed by atoms with van der Waals surface area (Å²) in [5, 5.41) is 3.28. The van der Waals surface area contributed by atoms with Crippen LogP contribution in [0.15, 0.2) is 0 Å². The van der Waals surface area contributed by atoms with Crippen LogP contribution in [0.4, 0.5) is 0 Å². The van der Waals surface area contributed by atoms with Crippen molar-refractivity contribution in [2.75, 3.05) is 53.0 Å². The van der Waals surface area contributed by atoms with Crippen LogP contribution in [0.3, 0.4) is 0 Å². The Morgan fingerprint density at radius 1 is 1.26 bits per heavy atom. The highest BCUT2D eigenvalue weighted by molar-refractivity contribution is 7.86. The first-order valence-electron chi connectivity index (χ1n) is 7.09. The molecule has 0 aliphatic carbocycles. The largest absolute Gasteiger partial charge is 0.380 e. The summed E-state index contributed by atoms with van der Waals surface area (Å²) in [6.45, 7) is 6.67. The maximum atomic E-state index is 12.3. The van der Waals surface area contributed by atoms with Crippen LogP contribution in [-0.4, -0.2) is 70.0 Å². The molecule has 1 aliphatic heterocycles. The molecule has 0 amide bonds. The number of hydrogen-bond acceptors (Lipinski definition) is 4. The average molecular weight is 293 g/mol. The van der Waals surface area contributed by atoms with Crippen molar-refractivity contribution in [2.24, 2.45) is 0 Å². The molecular weight excluding hydrogens is 266 g/mol. The standard InChI is InChI=1S/C12H27N3O3S/c1-3-6-13-7-4-8-14(2)19(16,17)15-9-5-11-18-12-10-15/h13H,3-12H2,1-2H3. The third-order valence-electron chi connectivity index (χ3n) is 3.15. The average Bonchev–Trinajstić information content (AvgIpc) is 2.67. The van der Waals surface area contributed by atoms with Gasteiger partial charge in [-0.3, -0.25) is 0 Å². The zero-order valence-electron chi connectivity index (χ0n) is 12.1. The number of ether oxygens (including phenoxy) is 1. The van der Waals surface area contributed by atoms with Crippen LogP contribution in [0.2, 0.25) is 0 Å². The number of nitrogens with zero attached hydrogens (tertiary/aromatic N) is 2. The molecule has 19 heavy (non-hydrogen) atoms. The van der Waals surface area contributed by atoms with Crippen LogP contribution in [0, 0.1) is 0 Å². The summed E-state index contributed by atoms with van der Waals surface area (Å²) in [6.07, 6.45) is 2.70. The minimum Gasteiger partial charge on any atom is -0.380 e. The van der Waals surface area contributed by atoms with Crippen LogP contribution in [-0.2, 0) is 14.9 Å². The third kappa shape index (κ3) is 5.74. The first-order valence-corrected chi connectivity index (χ1v) is 8.48. The lowest BCUT2D eigenvalue weighted by molar-refractivity contribution is 0.147. The van der Waals surface area contributed by atoms with Gasteiger partial charge in [-0.1, -0.05) is 6.92 Å². The zero-order chi connectivity index (χ0) is 14.1. The Morgan fingerprint density at radius 2 is 2.05 bits per heavy atom. The number of hydrogen-bond donors (Lipinski definition) is 1. The molecule has 1 rings (SSSR count). The fraction of sp³-hybridized carbons (Fsp3) is 1.00. The SMILES string of the molecule is CCCNCCCN(C)S(=O)(=O)N1CCCOCC1. The van der Waals surface area contributed by atoms with E-state index in [-0.39, 0.29) is 0 Å². The lowest BCUT2D eigenvalue weighted by atomic mass is 10.4. The molecule has 0 unspecified atom stereocenters. The van der Waals surface area contributed by atoms with Crippen molar-refractivity contribution in [3.05, 3.63) is 0 Å². The highest BCUT2D eigenvalue weighted by atomic mass is 32.2. The Balaban J connectivity index is 2.37. The molecule has 1 aliphatic rings. The van der Waals surface area contributed by atoms with E-state index in [1.165, 1.54) is 8.61 Å². The smallest absolute Gasteiger partial charge is 0.281 e. The molecule has 0 aromatic heterocycles. The lowest BCUT2D eigenvalue weighted by Crippen LogP contribution is -2.43. The van der Waals surface area contributed by atoms with Gasteiger partial charge in [0.25, 0.3) is 10.2 Å². The van der Waals surface area contributed by atoms with E-state index in [1.807, 2.05) is 0 Å². The summed E-state index contributed by atoms with van der Waals surface area (Å²) in [5.41, 5.74) is 0. The second-order valence-corrected chi connectivity index (χ2v) is 6.83. The van der Waals surface area contributed by atoms with Crippen molar-refractivity contribution in [2.45, 2.75) is 26.2 Å². The predicted molar refractivity (Wildman–Crippen MR) is 76.3 cm³/mol. The number of nitrogens with one attached hydrogen (secondary N) is 1. The summed E-state index contributed by atoms with van der Waals surface area (Å²) in [7, 11) is -1.67. The van der Waals surface area contributed by atoms with Gasteiger partial charge in [-0.25, -0.2) is 0 Å². The Morgan fingerprint density at radius 3 is 2.79 bits per heavy atom. The molecule has 1 fully saturated rings. The third-order valence-corrected chi connectivity index (χ3v) is 5.14. The molecule has 0 aromatic rings. The van der Waals surface area contributed by atoms with E-state index in [1.54, 1.807) is 7.05 Å². The van der Waals surface area contributed by atoms with Gasteiger partial charge in [0.2, 0.25) is 0 Å². The van der Waals surface area contributed by atoms with Gasteiger partial charge in [0, 0.05) is 33.3 Å². The van der Waals surface area contributed by atoms with Crippen molar-refractivity contribution in [3.8, 4) is 0 Å². The summed E-state index contributed by atoms with van der Waals surface area (Å²) in [6, 6.07) is 0. The van der Waals surface area contributed by atoms with Crippen LogP contribution in [0.5, 0.6) is 0 Å². The van der Waals surface area contributed by atoms with E-state index in [0.717, 1.165) is 32.4 Å². The van der Waals surface area contributed by atoms with Crippen LogP contribution >= 0.6 is 0 Å². The molecular formula is C12H27N3O3S. The minimum atomic E-state index is -3.32. The van der Waals surface area contributed by atoms with E-state index in [9.17, 15) is 8.42 Å². The highest BCUT2D eigenvalue weighted by Gasteiger charge is 2.27. The summed E-state index contributed by atoms with van der Waals surface area (Å²) in [4.78, 5) is 0. The summed E-state index contributed by atoms with van der Waals surface area (Å²) < 4.78 is 32.9. The van der Waals surface area contributed by atoms with Crippen LogP contribution in [0.25, 0.3) is 0 Å². The molecule has 0 spiro atoms. The Labute approximate surface area is 117 Å². The van der Waals surface area contributed by atoms with Gasteiger partial charge >= 0.3 is 0 Å². The predicted octanol–water partition coefficient (Wildman–Crippen LogP) is 0.275. The zero-order valence-corrected chi connectivity index (χ0v) is 12.9. The molecule has 0 aromatic carbocycles. The lowest BCUT2D eigenvalue weighted by Gasteiger charge is -2.26. The van der Waals surface area contributed by atoms with Crippen molar-refractivity contribution >= 4 is 10.2 Å². The summed E-state index contributed by atoms with van der Waals surface area (Å²) >= 11 is 0. The van der Waals surface area contributed by atoms with E-state index >= 15 is 0 Å². The molecule has 114 valence electrons. The van der Waals surface area contributed by atoms with Gasteiger partial charge < -0.3 is 10.1 Å². The minimum absolute atomic E-state index is 0.459. The molecule has 0 saturated carbocycles. The molecule has 0 bridgehead atoms. The van der Waals surface area contributed by atoms with Crippen molar-refractivity contribution in [1.29, 1.82) is 0 Å². The van der Waals surface area contributed by atoms with Crippen molar-refractivity contribution < 1.29 is 13.2 Å². The molecule has 1 heterocycles. The summed E-state index contributed by atoms with van der Waals surface area (Å²) in [5.74, 6) is 0. The van der Waals surface area contributed by atoms with E-state index < -0.39 is 10.2 Å². The molecule has 6 nitrogen and oxygen atoms in total. The van der Waals surface area contributed by atoms with Gasteiger partial charge in [-0.2, -0.15) is 17.0 Å². The second kappa shape index (κ2) is 8.86. The van der Waals surface area contributed by atoms with E-state index in [0.29, 0.717) is 32.8 Å². The first kappa shape index (κ1) is 16.8. The van der Waals surface area contributed by atoms with Gasteiger partial charge in [0.1, 0.15) is 0 Å². The monoisotopic (exact) mass is 293 g/mol. The Kier molecular flexibility index (Phi) is 7.86. The van der Waals surface area contributed by atoms with Gasteiger partial charge in [-0.15, -0.1) is 0 Å². The van der Waals surface area contributed by atoms with E-state index in [4.69, 9.17) is 4.74 Å². The van der Waals surface area contributed by atoms with Gasteiger partial charge in [0.15, 0.2) is 0 Å². The topological polar surface area (TPSA) is 61.9 Å². The Bertz CT molecular complexity index is 327. The van der Waals surface area contributed by atoms with Crippen molar-refractivity contribution in [3.63, 3.8) is 0 Å².